The molecule has 0 radical (unpaired) electrons. The van der Waals surface area contributed by atoms with Gasteiger partial charge in [-0.25, -0.2) is 9.97 Å². The molecule has 142 valence electrons. The topological polar surface area (TPSA) is 96.7 Å². The number of hydrogen-bond donors (Lipinski definition) is 2. The van der Waals surface area contributed by atoms with Gasteiger partial charge < -0.3 is 9.67 Å². The van der Waals surface area contributed by atoms with Crippen LogP contribution in [-0.2, 0) is 4.79 Å². The second-order valence-corrected chi connectivity index (χ2v) is 7.22. The molecule has 1 atom stereocenters. The summed E-state index contributed by atoms with van der Waals surface area (Å²) in [6.07, 6.45) is 4.17. The number of H-pyrrole nitrogens is 1. The van der Waals surface area contributed by atoms with Gasteiger partial charge in [0.05, 0.1) is 0 Å². The van der Waals surface area contributed by atoms with Gasteiger partial charge in [0.1, 0.15) is 18.1 Å². The van der Waals surface area contributed by atoms with Crippen molar-refractivity contribution >= 4 is 16.8 Å². The number of aliphatic hydroxyl groups excluding tert-OH is 1. The highest BCUT2D eigenvalue weighted by molar-refractivity contribution is 5.86. The third kappa shape index (κ3) is 3.44. The number of rotatable bonds is 6. The molecule has 3 heterocycles. The molecule has 0 fully saturated rings. The van der Waals surface area contributed by atoms with Gasteiger partial charge in [-0.3, -0.25) is 9.89 Å². The lowest BCUT2D eigenvalue weighted by molar-refractivity contribution is -0.128. The zero-order valence-electron chi connectivity index (χ0n) is 15.7. The lowest BCUT2D eigenvalue weighted by atomic mass is 9.99. The molecule has 0 bridgehead atoms. The molecule has 0 saturated heterocycles. The number of Topliss-reactive ketones (excluding diaryl/α,β-unsaturated/α-hetero) is 1. The van der Waals surface area contributed by atoms with Gasteiger partial charge in [0.25, 0.3) is 0 Å². The Morgan fingerprint density at radius 3 is 2.82 bits per heavy atom. The number of fused-ring (bicyclic) bond motifs is 1. The molecule has 0 aliphatic heterocycles. The molecule has 0 spiro atoms. The van der Waals surface area contributed by atoms with Crippen LogP contribution in [0.4, 0.5) is 0 Å². The van der Waals surface area contributed by atoms with E-state index in [-0.39, 0.29) is 11.7 Å². The van der Waals surface area contributed by atoms with Gasteiger partial charge in [-0.1, -0.05) is 26.0 Å². The Morgan fingerprint density at radius 1 is 1.21 bits per heavy atom. The molecule has 4 rings (SSSR count). The van der Waals surface area contributed by atoms with Crippen LogP contribution >= 0.6 is 0 Å². The summed E-state index contributed by atoms with van der Waals surface area (Å²) in [5, 5.41) is 18.0. The summed E-state index contributed by atoms with van der Waals surface area (Å²) < 4.78 is 1.96. The van der Waals surface area contributed by atoms with Crippen molar-refractivity contribution < 1.29 is 9.90 Å². The smallest absolute Gasteiger partial charge is 0.166 e. The third-order valence-electron chi connectivity index (χ3n) is 4.59. The average Bonchev–Trinajstić information content (AvgIpc) is 3.36. The highest BCUT2D eigenvalue weighted by Crippen LogP contribution is 2.25. The number of carbonyl (C=O) groups is 1. The van der Waals surface area contributed by atoms with Crippen molar-refractivity contribution in [1.82, 2.24) is 24.7 Å². The van der Waals surface area contributed by atoms with Gasteiger partial charge in [-0.2, -0.15) is 5.10 Å². The first kappa shape index (κ1) is 18.1. The molecule has 4 aromatic rings. The Labute approximate surface area is 162 Å². The van der Waals surface area contributed by atoms with Gasteiger partial charge in [0.2, 0.25) is 0 Å². The van der Waals surface area contributed by atoms with Crippen molar-refractivity contribution in [2.45, 2.75) is 26.4 Å². The zero-order valence-corrected chi connectivity index (χ0v) is 15.7. The van der Waals surface area contributed by atoms with Crippen LogP contribution in [0, 0.1) is 5.92 Å². The van der Waals surface area contributed by atoms with E-state index in [1.165, 1.54) is 6.33 Å². The molecule has 0 saturated carbocycles. The Balaban J connectivity index is 1.67. The van der Waals surface area contributed by atoms with Crippen molar-refractivity contribution in [3.63, 3.8) is 0 Å². The molecule has 1 aromatic carbocycles. The number of ketones is 1. The van der Waals surface area contributed by atoms with Crippen LogP contribution in [0.25, 0.3) is 28.1 Å². The lowest BCUT2D eigenvalue weighted by Gasteiger charge is -2.12. The Kier molecular flexibility index (Phi) is 4.75. The predicted molar refractivity (Wildman–Crippen MR) is 106 cm³/mol. The van der Waals surface area contributed by atoms with E-state index in [2.05, 4.69) is 20.2 Å². The zero-order chi connectivity index (χ0) is 19.7. The largest absolute Gasteiger partial charge is 0.380 e. The molecule has 28 heavy (non-hydrogen) atoms. The molecule has 0 amide bonds. The van der Waals surface area contributed by atoms with E-state index in [0.29, 0.717) is 17.8 Å². The van der Waals surface area contributed by atoms with E-state index in [1.54, 1.807) is 6.20 Å². The van der Waals surface area contributed by atoms with Gasteiger partial charge >= 0.3 is 0 Å². The van der Waals surface area contributed by atoms with Crippen LogP contribution < -0.4 is 0 Å². The van der Waals surface area contributed by atoms with Crippen molar-refractivity contribution in [2.75, 3.05) is 0 Å². The van der Waals surface area contributed by atoms with Crippen LogP contribution in [0.5, 0.6) is 0 Å². The van der Waals surface area contributed by atoms with Crippen LogP contribution in [0.3, 0.4) is 0 Å². The fraction of sp³-hybridized carbons (Fsp3) is 0.238. The van der Waals surface area contributed by atoms with Crippen LogP contribution in [0.2, 0.25) is 0 Å². The number of nitrogens with zero attached hydrogens (tertiary/aromatic N) is 4. The minimum atomic E-state index is -1.14. The average molecular weight is 375 g/mol. The van der Waals surface area contributed by atoms with Crippen LogP contribution in [0.1, 0.15) is 31.9 Å². The predicted octanol–water partition coefficient (Wildman–Crippen LogP) is 3.46. The molecule has 0 aliphatic carbocycles. The van der Waals surface area contributed by atoms with Crippen molar-refractivity contribution in [2.24, 2.45) is 5.92 Å². The SMILES string of the molecule is CC(C)CC(=O)[C@H](O)c1cnc2c(ccn2-c2cccc(-c3ncn[nH]3)c2)c1. The molecular formula is C21H21N5O2. The summed E-state index contributed by atoms with van der Waals surface area (Å²) in [7, 11) is 0. The summed E-state index contributed by atoms with van der Waals surface area (Å²) in [6.45, 7) is 3.91. The number of aliphatic hydroxyl groups is 1. The van der Waals surface area contributed by atoms with Crippen LogP contribution in [-0.4, -0.2) is 35.6 Å². The van der Waals surface area contributed by atoms with E-state index in [1.807, 2.05) is 61.0 Å². The first-order valence-corrected chi connectivity index (χ1v) is 9.17. The van der Waals surface area contributed by atoms with Crippen molar-refractivity contribution in [3.05, 3.63) is 60.7 Å². The second kappa shape index (κ2) is 7.36. The monoisotopic (exact) mass is 375 g/mol. The molecule has 0 aliphatic rings. The molecule has 7 heteroatoms. The van der Waals surface area contributed by atoms with Gasteiger partial charge in [-0.15, -0.1) is 0 Å². The third-order valence-corrected chi connectivity index (χ3v) is 4.59. The molecule has 3 aromatic heterocycles. The number of nitrogens with one attached hydrogen (secondary N) is 1. The highest BCUT2D eigenvalue weighted by Gasteiger charge is 2.19. The van der Waals surface area contributed by atoms with Gasteiger partial charge in [-0.05, 0) is 30.2 Å². The van der Waals surface area contributed by atoms with E-state index in [0.717, 1.165) is 22.3 Å². The quantitative estimate of drug-likeness (QED) is 0.538. The fourth-order valence-corrected chi connectivity index (χ4v) is 3.25. The van der Waals surface area contributed by atoms with Crippen molar-refractivity contribution in [1.29, 1.82) is 0 Å². The Morgan fingerprint density at radius 2 is 2.07 bits per heavy atom. The van der Waals surface area contributed by atoms with E-state index < -0.39 is 6.10 Å². The molecule has 0 unspecified atom stereocenters. The normalized spacial score (nSPS) is 12.6. The summed E-state index contributed by atoms with van der Waals surface area (Å²) in [5.74, 6) is 0.715. The summed E-state index contributed by atoms with van der Waals surface area (Å²) in [4.78, 5) is 20.9. The number of aromatic amines is 1. The van der Waals surface area contributed by atoms with Crippen LogP contribution in [0.15, 0.2) is 55.1 Å². The van der Waals surface area contributed by atoms with Gasteiger partial charge in [0, 0.05) is 41.0 Å². The summed E-state index contributed by atoms with van der Waals surface area (Å²) in [6, 6.07) is 11.6. The highest BCUT2D eigenvalue weighted by atomic mass is 16.3. The van der Waals surface area contributed by atoms with E-state index >= 15 is 0 Å². The number of benzene rings is 1. The maximum absolute atomic E-state index is 12.2. The fourth-order valence-electron chi connectivity index (χ4n) is 3.25. The lowest BCUT2D eigenvalue weighted by Crippen LogP contribution is -2.14. The second-order valence-electron chi connectivity index (χ2n) is 7.22. The molecule has 7 nitrogen and oxygen atoms in total. The number of pyridine rings is 1. The number of aromatic nitrogens is 5. The van der Waals surface area contributed by atoms with E-state index in [4.69, 9.17) is 0 Å². The number of hydrogen-bond acceptors (Lipinski definition) is 5. The first-order chi connectivity index (χ1) is 13.5. The minimum absolute atomic E-state index is 0.185. The maximum atomic E-state index is 12.2. The summed E-state index contributed by atoms with van der Waals surface area (Å²) >= 11 is 0. The van der Waals surface area contributed by atoms with E-state index in [9.17, 15) is 9.90 Å². The van der Waals surface area contributed by atoms with Gasteiger partial charge in [0.15, 0.2) is 11.6 Å². The standard InChI is InChI=1S/C21H21N5O2/c1-13(2)8-18(27)19(28)16-9-15-6-7-26(21(15)22-11-16)17-5-3-4-14(10-17)20-23-12-24-25-20/h3-7,9-13,19,28H,8H2,1-2H3,(H,23,24,25)/t19-/m1/s1. The van der Waals surface area contributed by atoms with Crippen molar-refractivity contribution in [3.8, 4) is 17.1 Å². The maximum Gasteiger partial charge on any atom is 0.166 e. The minimum Gasteiger partial charge on any atom is -0.380 e. The number of carbonyl (C=O) groups excluding carboxylic acids is 1. The molecule has 2 N–H and O–H groups in total. The molecular weight excluding hydrogens is 354 g/mol. The Hall–Kier alpha value is -3.32. The first-order valence-electron chi connectivity index (χ1n) is 9.17. The Bertz CT molecular complexity index is 1120. The summed E-state index contributed by atoms with van der Waals surface area (Å²) in [5.41, 5.74) is 3.12.